The molecule has 0 unspecified atom stereocenters. The zero-order chi connectivity index (χ0) is 21.3. The normalized spacial score (nSPS) is 11.5. The lowest BCUT2D eigenvalue weighted by Gasteiger charge is -2.10. The highest BCUT2D eigenvalue weighted by molar-refractivity contribution is 7.92. The van der Waals surface area contributed by atoms with Gasteiger partial charge in [0.1, 0.15) is 18.1 Å². The average molecular weight is 446 g/mol. The van der Waals surface area contributed by atoms with E-state index in [0.717, 1.165) is 4.57 Å². The van der Waals surface area contributed by atoms with Crippen LogP contribution < -0.4 is 15.0 Å². The third-order valence-corrected chi connectivity index (χ3v) is 5.79. The molecule has 0 bridgehead atoms. The van der Waals surface area contributed by atoms with Gasteiger partial charge in [0.2, 0.25) is 0 Å². The fourth-order valence-electron chi connectivity index (χ4n) is 2.75. The Morgan fingerprint density at radius 2 is 1.80 bits per heavy atom. The molecule has 0 aliphatic heterocycles. The van der Waals surface area contributed by atoms with Gasteiger partial charge in [0.25, 0.3) is 15.6 Å². The van der Waals surface area contributed by atoms with Gasteiger partial charge in [0, 0.05) is 22.8 Å². The lowest BCUT2D eigenvalue weighted by molar-refractivity contribution is 0.298. The van der Waals surface area contributed by atoms with Crippen molar-refractivity contribution in [2.75, 3.05) is 4.72 Å². The molecule has 2 heterocycles. The molecule has 4 rings (SSSR count). The molecule has 1 N–H and O–H groups in total. The second-order valence-corrected chi connectivity index (χ2v) is 8.58. The van der Waals surface area contributed by atoms with E-state index in [-0.39, 0.29) is 17.1 Å². The summed E-state index contributed by atoms with van der Waals surface area (Å²) >= 11 is 5.79. The van der Waals surface area contributed by atoms with Crippen LogP contribution in [0.1, 0.15) is 11.5 Å². The quantitative estimate of drug-likeness (QED) is 0.486. The highest BCUT2D eigenvalue weighted by atomic mass is 35.5. The number of halogens is 1. The Bertz CT molecular complexity index is 1360. The standard InChI is InChI=1S/C20H16ClN3O5S/c1-13-10-19-22-16(11-20(25)24(19)29-13)12-28-17-6-4-15(5-7-17)23-30(26,27)18-8-2-14(21)3-9-18/h2-11,23H,12H2,1H3. The van der Waals surface area contributed by atoms with Crippen LogP contribution in [-0.2, 0) is 16.6 Å². The van der Waals surface area contributed by atoms with Crippen molar-refractivity contribution in [3.05, 3.63) is 87.5 Å². The van der Waals surface area contributed by atoms with E-state index >= 15 is 0 Å². The first kappa shape index (κ1) is 20.0. The van der Waals surface area contributed by atoms with Crippen molar-refractivity contribution >= 4 is 33.0 Å². The maximum atomic E-state index is 12.4. The largest absolute Gasteiger partial charge is 0.487 e. The maximum Gasteiger partial charge on any atom is 0.287 e. The van der Waals surface area contributed by atoms with Gasteiger partial charge in [-0.15, -0.1) is 4.57 Å². The van der Waals surface area contributed by atoms with Crippen molar-refractivity contribution in [3.63, 3.8) is 0 Å². The number of benzene rings is 2. The van der Waals surface area contributed by atoms with Crippen LogP contribution in [0.3, 0.4) is 0 Å². The number of aromatic nitrogens is 2. The number of hydrogen-bond acceptors (Lipinski definition) is 6. The number of nitrogens with zero attached hydrogens (tertiary/aromatic N) is 2. The highest BCUT2D eigenvalue weighted by Gasteiger charge is 2.14. The Balaban J connectivity index is 1.44. The molecule has 0 radical (unpaired) electrons. The molecule has 2 aromatic carbocycles. The summed E-state index contributed by atoms with van der Waals surface area (Å²) in [5.74, 6) is 1.07. The molecule has 0 saturated carbocycles. The molecule has 0 spiro atoms. The number of ether oxygens (including phenoxy) is 1. The zero-order valence-electron chi connectivity index (χ0n) is 15.7. The summed E-state index contributed by atoms with van der Waals surface area (Å²) in [6, 6.07) is 15.3. The van der Waals surface area contributed by atoms with Crippen LogP contribution in [0.5, 0.6) is 5.75 Å². The van der Waals surface area contributed by atoms with E-state index < -0.39 is 10.0 Å². The van der Waals surface area contributed by atoms with E-state index in [0.29, 0.717) is 33.6 Å². The number of rotatable bonds is 6. The molecule has 8 nitrogen and oxygen atoms in total. The van der Waals surface area contributed by atoms with Gasteiger partial charge in [-0.2, -0.15) is 0 Å². The first-order chi connectivity index (χ1) is 14.3. The maximum absolute atomic E-state index is 12.4. The Kier molecular flexibility index (Phi) is 5.23. The van der Waals surface area contributed by atoms with Gasteiger partial charge >= 0.3 is 0 Å². The third kappa shape index (κ3) is 4.32. The second-order valence-electron chi connectivity index (χ2n) is 6.46. The van der Waals surface area contributed by atoms with Crippen LogP contribution in [-0.4, -0.2) is 18.0 Å². The van der Waals surface area contributed by atoms with E-state index in [4.69, 9.17) is 20.9 Å². The molecule has 154 valence electrons. The monoisotopic (exact) mass is 445 g/mol. The smallest absolute Gasteiger partial charge is 0.287 e. The van der Waals surface area contributed by atoms with Crippen molar-refractivity contribution in [1.29, 1.82) is 0 Å². The summed E-state index contributed by atoms with van der Waals surface area (Å²) in [5, 5.41) is 0.453. The Morgan fingerprint density at radius 1 is 1.10 bits per heavy atom. The van der Waals surface area contributed by atoms with Crippen LogP contribution in [0.25, 0.3) is 5.65 Å². The summed E-state index contributed by atoms with van der Waals surface area (Å²) < 4.78 is 39.3. The van der Waals surface area contributed by atoms with Crippen LogP contribution in [0.2, 0.25) is 5.02 Å². The first-order valence-electron chi connectivity index (χ1n) is 8.81. The lowest BCUT2D eigenvalue weighted by atomic mass is 10.3. The molecule has 4 aromatic rings. The van der Waals surface area contributed by atoms with Crippen molar-refractivity contribution < 1.29 is 17.7 Å². The van der Waals surface area contributed by atoms with E-state index in [9.17, 15) is 13.2 Å². The number of anilines is 1. The summed E-state index contributed by atoms with van der Waals surface area (Å²) in [7, 11) is -3.73. The van der Waals surface area contributed by atoms with Gasteiger partial charge in [-0.25, -0.2) is 13.4 Å². The van der Waals surface area contributed by atoms with Crippen LogP contribution in [0.15, 0.2) is 74.9 Å². The van der Waals surface area contributed by atoms with Crippen molar-refractivity contribution in [2.24, 2.45) is 0 Å². The fourth-order valence-corrected chi connectivity index (χ4v) is 3.94. The predicted octanol–water partition coefficient (Wildman–Crippen LogP) is 3.63. The van der Waals surface area contributed by atoms with Gasteiger partial charge in [0.05, 0.1) is 10.6 Å². The molecular formula is C20H16ClN3O5S. The van der Waals surface area contributed by atoms with E-state index in [1.54, 1.807) is 37.3 Å². The molecule has 2 aromatic heterocycles. The highest BCUT2D eigenvalue weighted by Crippen LogP contribution is 2.21. The average Bonchev–Trinajstić information content (AvgIpc) is 3.08. The third-order valence-electron chi connectivity index (χ3n) is 4.14. The second kappa shape index (κ2) is 7.85. The molecule has 0 atom stereocenters. The van der Waals surface area contributed by atoms with Crippen LogP contribution in [0.4, 0.5) is 5.69 Å². The van der Waals surface area contributed by atoms with Crippen LogP contribution in [0, 0.1) is 6.92 Å². The minimum atomic E-state index is -3.73. The Labute approximate surface area is 176 Å². The molecule has 0 amide bonds. The number of sulfonamides is 1. The predicted molar refractivity (Wildman–Crippen MR) is 111 cm³/mol. The topological polar surface area (TPSA) is 103 Å². The lowest BCUT2D eigenvalue weighted by Crippen LogP contribution is -2.14. The minimum Gasteiger partial charge on any atom is -0.487 e. The van der Waals surface area contributed by atoms with E-state index in [1.807, 2.05) is 0 Å². The fraction of sp³-hybridized carbons (Fsp3) is 0.100. The Hall–Kier alpha value is -3.30. The van der Waals surface area contributed by atoms with Gasteiger partial charge in [-0.05, 0) is 55.5 Å². The van der Waals surface area contributed by atoms with Gasteiger partial charge < -0.3 is 9.26 Å². The molecule has 0 saturated heterocycles. The number of aryl methyl sites for hydroxylation is 1. The molecule has 30 heavy (non-hydrogen) atoms. The number of fused-ring (bicyclic) bond motifs is 1. The zero-order valence-corrected chi connectivity index (χ0v) is 17.3. The molecular weight excluding hydrogens is 430 g/mol. The molecule has 0 fully saturated rings. The molecule has 0 aliphatic carbocycles. The van der Waals surface area contributed by atoms with Crippen molar-refractivity contribution in [2.45, 2.75) is 18.4 Å². The van der Waals surface area contributed by atoms with Crippen LogP contribution >= 0.6 is 11.6 Å². The number of nitrogens with one attached hydrogen (secondary N) is 1. The number of hydrogen-bond donors (Lipinski definition) is 1. The molecule has 10 heteroatoms. The van der Waals surface area contributed by atoms with Gasteiger partial charge in [0.15, 0.2) is 5.65 Å². The van der Waals surface area contributed by atoms with Gasteiger partial charge in [-0.3, -0.25) is 9.52 Å². The Morgan fingerprint density at radius 3 is 2.50 bits per heavy atom. The van der Waals surface area contributed by atoms with Crippen molar-refractivity contribution in [1.82, 2.24) is 9.56 Å². The summed E-state index contributed by atoms with van der Waals surface area (Å²) in [6.45, 7) is 1.80. The van der Waals surface area contributed by atoms with Crippen molar-refractivity contribution in [3.8, 4) is 5.75 Å². The minimum absolute atomic E-state index is 0.0752. The van der Waals surface area contributed by atoms with Gasteiger partial charge in [-0.1, -0.05) is 11.6 Å². The summed E-state index contributed by atoms with van der Waals surface area (Å²) in [6.07, 6.45) is 0. The van der Waals surface area contributed by atoms with E-state index in [2.05, 4.69) is 9.71 Å². The van der Waals surface area contributed by atoms with E-state index in [1.165, 1.54) is 30.3 Å². The first-order valence-corrected chi connectivity index (χ1v) is 10.7. The molecule has 0 aliphatic rings. The summed E-state index contributed by atoms with van der Waals surface area (Å²) in [4.78, 5) is 16.5. The summed E-state index contributed by atoms with van der Waals surface area (Å²) in [5.41, 5.74) is 0.904. The SMILES string of the molecule is Cc1cc2nc(COc3ccc(NS(=O)(=O)c4ccc(Cl)cc4)cc3)cc(=O)n2o1.